The van der Waals surface area contributed by atoms with Crippen LogP contribution >= 0.6 is 11.6 Å². The molecule has 62 valence electrons. The number of benzene rings is 1. The molecule has 0 spiro atoms. The van der Waals surface area contributed by atoms with Gasteiger partial charge in [-0.05, 0) is 24.6 Å². The molecular formula is C10H10ClN. The van der Waals surface area contributed by atoms with Crippen molar-refractivity contribution in [2.75, 3.05) is 0 Å². The van der Waals surface area contributed by atoms with Gasteiger partial charge >= 0.3 is 0 Å². The summed E-state index contributed by atoms with van der Waals surface area (Å²) in [6.45, 7) is 4.22. The number of nitrogens with zero attached hydrogens (tertiary/aromatic N) is 1. The van der Waals surface area contributed by atoms with Crippen LogP contribution in [0.3, 0.4) is 0 Å². The van der Waals surface area contributed by atoms with Crippen LogP contribution in [0.5, 0.6) is 0 Å². The molecule has 0 fully saturated rings. The third-order valence-electron chi connectivity index (χ3n) is 2.38. The molecule has 1 aliphatic heterocycles. The highest BCUT2D eigenvalue weighted by Crippen LogP contribution is 2.36. The minimum Gasteiger partial charge on any atom is -0.257 e. The van der Waals surface area contributed by atoms with E-state index >= 15 is 0 Å². The molecule has 0 bridgehead atoms. The van der Waals surface area contributed by atoms with Gasteiger partial charge in [0.1, 0.15) is 0 Å². The molecule has 1 heterocycles. The minimum absolute atomic E-state index is 0.456. The number of hydrogen-bond donors (Lipinski definition) is 0. The number of rotatable bonds is 0. The van der Waals surface area contributed by atoms with Gasteiger partial charge in [-0.2, -0.15) is 0 Å². The third kappa shape index (κ3) is 1.05. The Morgan fingerprint density at radius 3 is 2.92 bits per heavy atom. The van der Waals surface area contributed by atoms with Crippen LogP contribution in [0.15, 0.2) is 23.2 Å². The summed E-state index contributed by atoms with van der Waals surface area (Å²) in [6.07, 6.45) is 0. The maximum atomic E-state index is 5.85. The van der Waals surface area contributed by atoms with Crippen molar-refractivity contribution in [3.63, 3.8) is 0 Å². The molecule has 1 aromatic rings. The lowest BCUT2D eigenvalue weighted by Gasteiger charge is -2.03. The van der Waals surface area contributed by atoms with Crippen molar-refractivity contribution >= 4 is 23.0 Å². The van der Waals surface area contributed by atoms with Gasteiger partial charge in [-0.3, -0.25) is 4.99 Å². The molecule has 1 aromatic carbocycles. The van der Waals surface area contributed by atoms with E-state index < -0.39 is 0 Å². The molecule has 0 N–H and O–H groups in total. The quantitative estimate of drug-likeness (QED) is 0.578. The third-order valence-corrected chi connectivity index (χ3v) is 2.62. The van der Waals surface area contributed by atoms with Crippen molar-refractivity contribution < 1.29 is 0 Å². The summed E-state index contributed by atoms with van der Waals surface area (Å²) in [5.41, 5.74) is 3.50. The van der Waals surface area contributed by atoms with Crippen LogP contribution in [0.2, 0.25) is 5.02 Å². The van der Waals surface area contributed by atoms with Crippen LogP contribution in [0, 0.1) is 0 Å². The predicted molar refractivity (Wildman–Crippen MR) is 52.6 cm³/mol. The van der Waals surface area contributed by atoms with Crippen molar-refractivity contribution in [1.82, 2.24) is 0 Å². The van der Waals surface area contributed by atoms with E-state index in [0.717, 1.165) is 10.7 Å². The van der Waals surface area contributed by atoms with Gasteiger partial charge < -0.3 is 0 Å². The van der Waals surface area contributed by atoms with E-state index in [4.69, 9.17) is 11.6 Å². The first kappa shape index (κ1) is 7.81. The van der Waals surface area contributed by atoms with Crippen LogP contribution in [0.25, 0.3) is 0 Å². The summed E-state index contributed by atoms with van der Waals surface area (Å²) in [4.78, 5) is 4.43. The van der Waals surface area contributed by atoms with Gasteiger partial charge in [0.2, 0.25) is 0 Å². The van der Waals surface area contributed by atoms with Crippen molar-refractivity contribution in [2.45, 2.75) is 19.8 Å². The van der Waals surface area contributed by atoms with Gasteiger partial charge in [-0.1, -0.05) is 24.6 Å². The van der Waals surface area contributed by atoms with Crippen molar-refractivity contribution in [2.24, 2.45) is 4.99 Å². The van der Waals surface area contributed by atoms with Gasteiger partial charge in [-0.25, -0.2) is 0 Å². The van der Waals surface area contributed by atoms with E-state index in [1.54, 1.807) is 0 Å². The van der Waals surface area contributed by atoms with Crippen LogP contribution in [-0.2, 0) is 0 Å². The molecule has 1 unspecified atom stereocenters. The van der Waals surface area contributed by atoms with E-state index in [9.17, 15) is 0 Å². The first-order chi connectivity index (χ1) is 5.68. The van der Waals surface area contributed by atoms with Gasteiger partial charge in [0.05, 0.1) is 5.69 Å². The number of fused-ring (bicyclic) bond motifs is 1. The number of halogens is 1. The SMILES string of the molecule is CC1=Nc2cc(Cl)ccc2C1C. The molecule has 0 saturated carbocycles. The van der Waals surface area contributed by atoms with E-state index in [1.807, 2.05) is 12.1 Å². The largest absolute Gasteiger partial charge is 0.257 e. The first-order valence-corrected chi connectivity index (χ1v) is 4.41. The Bertz CT molecular complexity index is 355. The van der Waals surface area contributed by atoms with E-state index in [1.165, 1.54) is 11.3 Å². The van der Waals surface area contributed by atoms with E-state index in [-0.39, 0.29) is 0 Å². The van der Waals surface area contributed by atoms with Gasteiger partial charge in [-0.15, -0.1) is 0 Å². The zero-order valence-corrected chi connectivity index (χ0v) is 7.89. The zero-order valence-electron chi connectivity index (χ0n) is 7.13. The summed E-state index contributed by atoms with van der Waals surface area (Å²) >= 11 is 5.85. The Kier molecular flexibility index (Phi) is 1.69. The van der Waals surface area contributed by atoms with E-state index in [0.29, 0.717) is 5.92 Å². The summed E-state index contributed by atoms with van der Waals surface area (Å²) in [5, 5.41) is 0.763. The topological polar surface area (TPSA) is 12.4 Å². The summed E-state index contributed by atoms with van der Waals surface area (Å²) in [6, 6.07) is 5.90. The zero-order chi connectivity index (χ0) is 8.72. The Morgan fingerprint density at radius 2 is 2.17 bits per heavy atom. The standard InChI is InChI=1S/C10H10ClN/c1-6-7(2)12-10-5-8(11)3-4-9(6)10/h3-6H,1-2H3. The Hall–Kier alpha value is -0.820. The van der Waals surface area contributed by atoms with Gasteiger partial charge in [0, 0.05) is 16.7 Å². The van der Waals surface area contributed by atoms with Crippen LogP contribution in [0.4, 0.5) is 5.69 Å². The summed E-state index contributed by atoms with van der Waals surface area (Å²) in [7, 11) is 0. The molecule has 0 saturated heterocycles. The Labute approximate surface area is 77.1 Å². The monoisotopic (exact) mass is 179 g/mol. The molecule has 0 radical (unpaired) electrons. The van der Waals surface area contributed by atoms with Crippen LogP contribution in [0.1, 0.15) is 25.3 Å². The lowest BCUT2D eigenvalue weighted by Crippen LogP contribution is -1.97. The minimum atomic E-state index is 0.456. The molecule has 0 aromatic heterocycles. The van der Waals surface area contributed by atoms with Crippen LogP contribution in [-0.4, -0.2) is 5.71 Å². The Balaban J connectivity index is 2.57. The molecular weight excluding hydrogens is 170 g/mol. The maximum absolute atomic E-state index is 5.85. The second-order valence-electron chi connectivity index (χ2n) is 3.18. The van der Waals surface area contributed by atoms with Crippen LogP contribution < -0.4 is 0 Å². The average Bonchev–Trinajstić information content (AvgIpc) is 2.28. The van der Waals surface area contributed by atoms with Gasteiger partial charge in [0.25, 0.3) is 0 Å². The highest BCUT2D eigenvalue weighted by Gasteiger charge is 2.19. The van der Waals surface area contributed by atoms with Gasteiger partial charge in [0.15, 0.2) is 0 Å². The molecule has 2 rings (SSSR count). The predicted octanol–water partition coefficient (Wildman–Crippen LogP) is 3.55. The number of hydrogen-bond acceptors (Lipinski definition) is 1. The van der Waals surface area contributed by atoms with Crippen molar-refractivity contribution in [3.05, 3.63) is 28.8 Å². The molecule has 2 heteroatoms. The molecule has 0 amide bonds. The lowest BCUT2D eigenvalue weighted by atomic mass is 9.99. The lowest BCUT2D eigenvalue weighted by molar-refractivity contribution is 1.05. The highest BCUT2D eigenvalue weighted by atomic mass is 35.5. The van der Waals surface area contributed by atoms with Crippen molar-refractivity contribution in [1.29, 1.82) is 0 Å². The molecule has 1 aliphatic rings. The normalized spacial score (nSPS) is 20.6. The molecule has 12 heavy (non-hydrogen) atoms. The summed E-state index contributed by atoms with van der Waals surface area (Å²) in [5.74, 6) is 0.456. The maximum Gasteiger partial charge on any atom is 0.0682 e. The fourth-order valence-electron chi connectivity index (χ4n) is 1.49. The summed E-state index contributed by atoms with van der Waals surface area (Å²) < 4.78 is 0. The second kappa shape index (κ2) is 2.60. The molecule has 1 nitrogen and oxygen atoms in total. The average molecular weight is 180 g/mol. The van der Waals surface area contributed by atoms with E-state index in [2.05, 4.69) is 24.9 Å². The first-order valence-electron chi connectivity index (χ1n) is 4.03. The van der Waals surface area contributed by atoms with Crippen molar-refractivity contribution in [3.8, 4) is 0 Å². The number of aliphatic imine (C=N–C) groups is 1. The molecule has 1 atom stereocenters. The smallest absolute Gasteiger partial charge is 0.0682 e. The Morgan fingerprint density at radius 1 is 1.42 bits per heavy atom. The highest BCUT2D eigenvalue weighted by molar-refractivity contribution is 6.31. The molecule has 0 aliphatic carbocycles. The fraction of sp³-hybridized carbons (Fsp3) is 0.300. The fourth-order valence-corrected chi connectivity index (χ4v) is 1.66. The second-order valence-corrected chi connectivity index (χ2v) is 3.61.